The molecule has 0 bridgehead atoms. The first-order chi connectivity index (χ1) is 7.79. The molecule has 0 saturated carbocycles. The van der Waals surface area contributed by atoms with Crippen LogP contribution in [0.1, 0.15) is 5.56 Å². The summed E-state index contributed by atoms with van der Waals surface area (Å²) in [6.07, 6.45) is 0. The number of nitrogens with two attached hydrogens (primary N) is 1. The molecule has 82 valence electrons. The Morgan fingerprint density at radius 3 is 2.50 bits per heavy atom. The summed E-state index contributed by atoms with van der Waals surface area (Å²) in [5.74, 6) is 0.553. The Bertz CT molecular complexity index is 463. The highest BCUT2D eigenvalue weighted by molar-refractivity contribution is 5.61. The van der Waals surface area contributed by atoms with Gasteiger partial charge in [0.1, 0.15) is 5.82 Å². The van der Waals surface area contributed by atoms with E-state index < -0.39 is 0 Å². The van der Waals surface area contributed by atoms with E-state index in [2.05, 4.69) is 34.6 Å². The van der Waals surface area contributed by atoms with Gasteiger partial charge < -0.3 is 11.1 Å². The van der Waals surface area contributed by atoms with Crippen molar-refractivity contribution in [2.45, 2.75) is 6.54 Å². The predicted octanol–water partition coefficient (Wildman–Crippen LogP) is 2.05. The van der Waals surface area contributed by atoms with Crippen LogP contribution in [0.4, 0.5) is 5.82 Å². The van der Waals surface area contributed by atoms with Gasteiger partial charge in [-0.15, -0.1) is 0 Å². The van der Waals surface area contributed by atoms with Crippen molar-refractivity contribution in [1.82, 2.24) is 10.3 Å². The van der Waals surface area contributed by atoms with E-state index in [0.29, 0.717) is 5.82 Å². The molecular formula is C13H15N3. The number of nitrogen functional groups attached to an aromatic ring is 1. The Morgan fingerprint density at radius 2 is 1.88 bits per heavy atom. The standard InChI is InChI=1S/C13H15N3/c1-15-9-10-5-7-11(8-6-10)12-3-2-4-13(14)16-12/h2-8,15H,9H2,1H3,(H2,14,16). The van der Waals surface area contributed by atoms with Gasteiger partial charge in [-0.1, -0.05) is 30.3 Å². The number of hydrogen-bond donors (Lipinski definition) is 2. The molecule has 3 nitrogen and oxygen atoms in total. The first kappa shape index (κ1) is 10.6. The summed E-state index contributed by atoms with van der Waals surface area (Å²) < 4.78 is 0. The maximum atomic E-state index is 5.65. The zero-order valence-corrected chi connectivity index (χ0v) is 9.27. The SMILES string of the molecule is CNCc1ccc(-c2cccc(N)n2)cc1. The van der Waals surface area contributed by atoms with E-state index >= 15 is 0 Å². The molecule has 0 fully saturated rings. The Labute approximate surface area is 95.3 Å². The fraction of sp³-hybridized carbons (Fsp3) is 0.154. The molecule has 0 spiro atoms. The molecule has 2 rings (SSSR count). The molecule has 0 aliphatic carbocycles. The number of nitrogens with zero attached hydrogens (tertiary/aromatic N) is 1. The number of nitrogens with one attached hydrogen (secondary N) is 1. The van der Waals surface area contributed by atoms with Crippen LogP contribution in [0.3, 0.4) is 0 Å². The highest BCUT2D eigenvalue weighted by Gasteiger charge is 1.99. The highest BCUT2D eigenvalue weighted by Crippen LogP contribution is 2.18. The van der Waals surface area contributed by atoms with Crippen molar-refractivity contribution in [2.75, 3.05) is 12.8 Å². The van der Waals surface area contributed by atoms with Gasteiger partial charge in [-0.3, -0.25) is 0 Å². The van der Waals surface area contributed by atoms with Crippen molar-refractivity contribution in [3.05, 3.63) is 48.0 Å². The van der Waals surface area contributed by atoms with Crippen LogP contribution in [0.5, 0.6) is 0 Å². The zero-order chi connectivity index (χ0) is 11.4. The third-order valence-electron chi connectivity index (χ3n) is 2.40. The van der Waals surface area contributed by atoms with Crippen molar-refractivity contribution >= 4 is 5.82 Å². The van der Waals surface area contributed by atoms with Crippen molar-refractivity contribution in [1.29, 1.82) is 0 Å². The van der Waals surface area contributed by atoms with Crippen molar-refractivity contribution in [3.8, 4) is 11.3 Å². The van der Waals surface area contributed by atoms with Gasteiger partial charge in [-0.2, -0.15) is 0 Å². The molecule has 0 amide bonds. The van der Waals surface area contributed by atoms with E-state index in [4.69, 9.17) is 5.73 Å². The van der Waals surface area contributed by atoms with Crippen LogP contribution in [0, 0.1) is 0 Å². The smallest absolute Gasteiger partial charge is 0.124 e. The molecule has 3 N–H and O–H groups in total. The van der Waals surface area contributed by atoms with E-state index in [1.54, 1.807) is 6.07 Å². The second kappa shape index (κ2) is 4.77. The normalized spacial score (nSPS) is 10.3. The maximum Gasteiger partial charge on any atom is 0.124 e. The average molecular weight is 213 g/mol. The molecule has 1 aromatic heterocycles. The molecule has 0 unspecified atom stereocenters. The first-order valence-electron chi connectivity index (χ1n) is 5.26. The van der Waals surface area contributed by atoms with Gasteiger partial charge in [-0.25, -0.2) is 4.98 Å². The molecule has 2 aromatic rings. The second-order valence-corrected chi connectivity index (χ2v) is 3.67. The van der Waals surface area contributed by atoms with E-state index in [1.165, 1.54) is 5.56 Å². The van der Waals surface area contributed by atoms with Gasteiger partial charge in [0.05, 0.1) is 5.69 Å². The van der Waals surface area contributed by atoms with Crippen molar-refractivity contribution in [3.63, 3.8) is 0 Å². The van der Waals surface area contributed by atoms with Crippen molar-refractivity contribution in [2.24, 2.45) is 0 Å². The van der Waals surface area contributed by atoms with Gasteiger partial charge in [-0.05, 0) is 24.7 Å². The largest absolute Gasteiger partial charge is 0.384 e. The molecule has 16 heavy (non-hydrogen) atoms. The molecular weight excluding hydrogens is 198 g/mol. The number of rotatable bonds is 3. The summed E-state index contributed by atoms with van der Waals surface area (Å²) in [4.78, 5) is 4.28. The van der Waals surface area contributed by atoms with Crippen LogP contribution in [0.15, 0.2) is 42.5 Å². The lowest BCUT2D eigenvalue weighted by molar-refractivity contribution is 0.818. The summed E-state index contributed by atoms with van der Waals surface area (Å²) in [5, 5.41) is 3.12. The quantitative estimate of drug-likeness (QED) is 0.820. The van der Waals surface area contributed by atoms with Gasteiger partial charge in [0.2, 0.25) is 0 Å². The number of pyridine rings is 1. The van der Waals surface area contributed by atoms with E-state index in [9.17, 15) is 0 Å². The van der Waals surface area contributed by atoms with E-state index in [0.717, 1.165) is 17.8 Å². The lowest BCUT2D eigenvalue weighted by Gasteiger charge is -2.04. The van der Waals surface area contributed by atoms with Gasteiger partial charge in [0.15, 0.2) is 0 Å². The summed E-state index contributed by atoms with van der Waals surface area (Å²) in [6, 6.07) is 14.0. The number of aromatic nitrogens is 1. The second-order valence-electron chi connectivity index (χ2n) is 3.67. The van der Waals surface area contributed by atoms with Gasteiger partial charge in [0.25, 0.3) is 0 Å². The minimum Gasteiger partial charge on any atom is -0.384 e. The fourth-order valence-corrected chi connectivity index (χ4v) is 1.61. The fourth-order valence-electron chi connectivity index (χ4n) is 1.61. The lowest BCUT2D eigenvalue weighted by Crippen LogP contribution is -2.04. The Hall–Kier alpha value is -1.87. The first-order valence-corrected chi connectivity index (χ1v) is 5.26. The molecule has 0 radical (unpaired) electrons. The molecule has 0 aliphatic rings. The van der Waals surface area contributed by atoms with Crippen LogP contribution < -0.4 is 11.1 Å². The van der Waals surface area contributed by atoms with E-state index in [1.807, 2.05) is 19.2 Å². The van der Waals surface area contributed by atoms with Crippen LogP contribution in [0.25, 0.3) is 11.3 Å². The Morgan fingerprint density at radius 1 is 1.12 bits per heavy atom. The molecule has 3 heteroatoms. The van der Waals surface area contributed by atoms with Crippen LogP contribution in [-0.2, 0) is 6.54 Å². The molecule has 1 aromatic carbocycles. The Kier molecular flexibility index (Phi) is 3.17. The highest BCUT2D eigenvalue weighted by atomic mass is 14.8. The topological polar surface area (TPSA) is 50.9 Å². The predicted molar refractivity (Wildman–Crippen MR) is 66.8 cm³/mol. The average Bonchev–Trinajstić information content (AvgIpc) is 2.30. The van der Waals surface area contributed by atoms with E-state index in [-0.39, 0.29) is 0 Å². The van der Waals surface area contributed by atoms with Crippen LogP contribution in [0.2, 0.25) is 0 Å². The number of benzene rings is 1. The minimum absolute atomic E-state index is 0.553. The third-order valence-corrected chi connectivity index (χ3v) is 2.40. The van der Waals surface area contributed by atoms with Gasteiger partial charge in [0, 0.05) is 12.1 Å². The Balaban J connectivity index is 2.27. The molecule has 1 heterocycles. The summed E-state index contributed by atoms with van der Waals surface area (Å²) in [7, 11) is 1.94. The zero-order valence-electron chi connectivity index (χ0n) is 9.27. The van der Waals surface area contributed by atoms with Gasteiger partial charge >= 0.3 is 0 Å². The lowest BCUT2D eigenvalue weighted by atomic mass is 10.1. The van der Waals surface area contributed by atoms with Crippen LogP contribution >= 0.6 is 0 Å². The molecule has 0 aliphatic heterocycles. The molecule has 0 atom stereocenters. The monoisotopic (exact) mass is 213 g/mol. The summed E-state index contributed by atoms with van der Waals surface area (Å²) in [6.45, 7) is 0.880. The van der Waals surface area contributed by atoms with Crippen molar-refractivity contribution < 1.29 is 0 Å². The maximum absolute atomic E-state index is 5.65. The summed E-state index contributed by atoms with van der Waals surface area (Å²) >= 11 is 0. The third kappa shape index (κ3) is 2.38. The summed E-state index contributed by atoms with van der Waals surface area (Å²) in [5.41, 5.74) is 8.91. The number of anilines is 1. The molecule has 0 saturated heterocycles. The number of hydrogen-bond acceptors (Lipinski definition) is 3. The minimum atomic E-state index is 0.553. The van der Waals surface area contributed by atoms with Crippen LogP contribution in [-0.4, -0.2) is 12.0 Å².